The summed E-state index contributed by atoms with van der Waals surface area (Å²) in [4.78, 5) is 8.69. The Kier molecular flexibility index (Phi) is 3.74. The van der Waals surface area contributed by atoms with Gasteiger partial charge in [-0.2, -0.15) is 0 Å². The Morgan fingerprint density at radius 2 is 2.17 bits per heavy atom. The molecule has 0 amide bonds. The van der Waals surface area contributed by atoms with Crippen LogP contribution < -0.4 is 10.5 Å². The van der Waals surface area contributed by atoms with Gasteiger partial charge in [0.25, 0.3) is 0 Å². The Morgan fingerprint density at radius 3 is 2.83 bits per heavy atom. The van der Waals surface area contributed by atoms with E-state index in [0.29, 0.717) is 10.9 Å². The lowest BCUT2D eigenvalue weighted by Crippen LogP contribution is -2.55. The highest BCUT2D eigenvalue weighted by molar-refractivity contribution is 8.13. The average molecular weight is 343 g/mol. The van der Waals surface area contributed by atoms with Crippen molar-refractivity contribution in [1.29, 1.82) is 0 Å². The van der Waals surface area contributed by atoms with E-state index in [1.165, 1.54) is 0 Å². The molecule has 2 heterocycles. The van der Waals surface area contributed by atoms with E-state index in [4.69, 9.17) is 26.8 Å². The molecule has 1 aliphatic carbocycles. The summed E-state index contributed by atoms with van der Waals surface area (Å²) in [5, 5.41) is 0.603. The van der Waals surface area contributed by atoms with E-state index >= 15 is 0 Å². The molecule has 1 unspecified atom stereocenters. The molecule has 0 aromatic heterocycles. The van der Waals surface area contributed by atoms with E-state index in [1.54, 1.807) is 18.9 Å². The van der Waals surface area contributed by atoms with Gasteiger partial charge in [0.05, 0.1) is 12.7 Å². The molecule has 1 aromatic carbocycles. The minimum Gasteiger partial charge on any atom is -0.485 e. The number of rotatable bonds is 1. The number of ether oxygens (including phenoxy) is 2. The Morgan fingerprint density at radius 1 is 1.38 bits per heavy atom. The number of benzene rings is 1. The van der Waals surface area contributed by atoms with Gasteiger partial charge in [0, 0.05) is 18.4 Å². The maximum atomic E-state index is 7.59. The number of nitrogens with two attached hydrogens (primary N) is 1. The van der Waals surface area contributed by atoms with E-state index in [0.717, 1.165) is 49.2 Å². The van der Waals surface area contributed by atoms with Gasteiger partial charge in [-0.3, -0.25) is 0 Å². The summed E-state index contributed by atoms with van der Waals surface area (Å²) in [5.41, 5.74) is 6.78. The molecule has 1 fully saturated rings. The van der Waals surface area contributed by atoms with Crippen molar-refractivity contribution < 1.29 is 9.47 Å². The second kappa shape index (κ2) is 5.68. The van der Waals surface area contributed by atoms with Gasteiger partial charge in [-0.1, -0.05) is 23.9 Å². The fourth-order valence-electron chi connectivity index (χ4n) is 4.54. The van der Waals surface area contributed by atoms with Gasteiger partial charge in [-0.15, -0.1) is 0 Å². The van der Waals surface area contributed by atoms with Crippen molar-refractivity contribution >= 4 is 22.6 Å². The molecule has 3 aliphatic rings. The Bertz CT molecular complexity index is 734. The topological polar surface area (TPSA) is 61.2 Å². The Hall–Kier alpha value is -1.71. The highest BCUT2D eigenvalue weighted by Gasteiger charge is 2.62. The molecule has 0 radical (unpaired) electrons. The first-order chi connectivity index (χ1) is 11.6. The lowest BCUT2D eigenvalue weighted by molar-refractivity contribution is -0.0560. The predicted molar refractivity (Wildman–Crippen MR) is 95.7 cm³/mol. The largest absolute Gasteiger partial charge is 0.485 e. The maximum Gasteiger partial charge on any atom is 0.196 e. The number of hydrogen-bond acceptors (Lipinski definition) is 5. The maximum absolute atomic E-state index is 7.59. The average Bonchev–Trinajstić information content (AvgIpc) is 2.85. The molecular weight excluding hydrogens is 322 g/mol. The Balaban J connectivity index is 1.88. The zero-order valence-electron chi connectivity index (χ0n) is 13.7. The van der Waals surface area contributed by atoms with Crippen LogP contribution in [0.2, 0.25) is 0 Å². The number of hydrogen-bond donors (Lipinski definition) is 1. The lowest BCUT2D eigenvalue weighted by atomic mass is 9.67. The molecule has 0 saturated heterocycles. The number of amidine groups is 1. The molecule has 1 saturated carbocycles. The van der Waals surface area contributed by atoms with Crippen LogP contribution >= 0.6 is 11.8 Å². The van der Waals surface area contributed by atoms with Crippen LogP contribution in [-0.4, -0.2) is 29.7 Å². The van der Waals surface area contributed by atoms with Crippen LogP contribution in [0.3, 0.4) is 0 Å². The quantitative estimate of drug-likeness (QED) is 0.792. The molecule has 5 nitrogen and oxygen atoms in total. The fraction of sp³-hybridized carbons (Fsp3) is 0.556. The number of fused-ring (bicyclic) bond motifs is 3. The van der Waals surface area contributed by atoms with Crippen LogP contribution in [-0.2, 0) is 10.3 Å². The van der Waals surface area contributed by atoms with Crippen LogP contribution in [0.4, 0.5) is 5.69 Å². The van der Waals surface area contributed by atoms with Crippen molar-refractivity contribution in [3.05, 3.63) is 35.2 Å². The standard InChI is InChI=1S/C18H21N3O2S/c1-20-13-4-3-5-14-15(13)18(10-11-24-16(19)21-18)17(23-14)8-6-12(22-2)7-9-17/h3-5,12H,6-11H2,2H3,(H2,19,21). The van der Waals surface area contributed by atoms with Crippen LogP contribution in [0, 0.1) is 6.57 Å². The molecular formula is C18H21N3O2S. The number of aliphatic imine (C=N–C) groups is 1. The first kappa shape index (κ1) is 15.8. The van der Waals surface area contributed by atoms with Gasteiger partial charge in [0.1, 0.15) is 16.9 Å². The van der Waals surface area contributed by atoms with Crippen LogP contribution in [0.25, 0.3) is 4.85 Å². The van der Waals surface area contributed by atoms with E-state index in [-0.39, 0.29) is 6.10 Å². The van der Waals surface area contributed by atoms with Crippen molar-refractivity contribution in [2.45, 2.75) is 49.3 Å². The molecule has 4 rings (SSSR count). The first-order valence-corrected chi connectivity index (χ1v) is 9.33. The minimum atomic E-state index is -0.530. The van der Waals surface area contributed by atoms with Gasteiger partial charge in [0.15, 0.2) is 10.9 Å². The molecule has 6 heteroatoms. The summed E-state index contributed by atoms with van der Waals surface area (Å²) in [7, 11) is 1.77. The predicted octanol–water partition coefficient (Wildman–Crippen LogP) is 3.60. The molecule has 1 atom stereocenters. The highest BCUT2D eigenvalue weighted by atomic mass is 32.2. The molecule has 24 heavy (non-hydrogen) atoms. The SMILES string of the molecule is [C-]#[N+]c1cccc2c1C1(CCSC(N)=N1)C1(CCC(OC)CC1)O2. The second-order valence-corrected chi connectivity index (χ2v) is 7.82. The molecule has 2 N–H and O–H groups in total. The minimum absolute atomic E-state index is 0.277. The van der Waals surface area contributed by atoms with Crippen molar-refractivity contribution in [2.75, 3.05) is 12.9 Å². The summed E-state index contributed by atoms with van der Waals surface area (Å²) < 4.78 is 12.1. The van der Waals surface area contributed by atoms with Crippen molar-refractivity contribution in [3.63, 3.8) is 0 Å². The molecule has 0 bridgehead atoms. The molecule has 2 aliphatic heterocycles. The summed E-state index contributed by atoms with van der Waals surface area (Å²) in [6.45, 7) is 7.59. The van der Waals surface area contributed by atoms with E-state index in [1.807, 2.05) is 18.2 Å². The third kappa shape index (κ3) is 2.08. The molecule has 1 aromatic rings. The van der Waals surface area contributed by atoms with E-state index < -0.39 is 11.1 Å². The van der Waals surface area contributed by atoms with Crippen molar-refractivity contribution in [2.24, 2.45) is 10.7 Å². The zero-order chi connectivity index (χ0) is 16.8. The first-order valence-electron chi connectivity index (χ1n) is 8.35. The number of methoxy groups -OCH3 is 1. The van der Waals surface area contributed by atoms with Crippen LogP contribution in [0.15, 0.2) is 23.2 Å². The normalized spacial score (nSPS) is 34.5. The molecule has 2 spiro atoms. The third-order valence-corrected chi connectivity index (χ3v) is 6.48. The lowest BCUT2D eigenvalue weighted by Gasteiger charge is -2.47. The second-order valence-electron chi connectivity index (χ2n) is 6.70. The van der Waals surface area contributed by atoms with Crippen molar-refractivity contribution in [3.8, 4) is 5.75 Å². The zero-order valence-corrected chi connectivity index (χ0v) is 14.6. The summed E-state index contributed by atoms with van der Waals surface area (Å²) in [5.74, 6) is 1.71. The highest BCUT2D eigenvalue weighted by Crippen LogP contribution is 2.61. The number of thioether (sulfide) groups is 1. The van der Waals surface area contributed by atoms with Gasteiger partial charge in [-0.05, 0) is 38.2 Å². The molecule has 126 valence electrons. The summed E-state index contributed by atoms with van der Waals surface area (Å²) in [6, 6.07) is 5.73. The van der Waals surface area contributed by atoms with Crippen molar-refractivity contribution in [1.82, 2.24) is 0 Å². The number of nitrogens with zero attached hydrogens (tertiary/aromatic N) is 2. The van der Waals surface area contributed by atoms with E-state index in [2.05, 4.69) is 4.85 Å². The van der Waals surface area contributed by atoms with Crippen LogP contribution in [0.5, 0.6) is 5.75 Å². The fourth-order valence-corrected chi connectivity index (χ4v) is 5.36. The van der Waals surface area contributed by atoms with Gasteiger partial charge < -0.3 is 15.2 Å². The Labute approximate surface area is 146 Å². The van der Waals surface area contributed by atoms with Gasteiger partial charge in [0.2, 0.25) is 0 Å². The van der Waals surface area contributed by atoms with Gasteiger partial charge in [-0.25, -0.2) is 9.84 Å². The third-order valence-electron chi connectivity index (χ3n) is 5.69. The summed E-state index contributed by atoms with van der Waals surface area (Å²) in [6.07, 6.45) is 4.78. The van der Waals surface area contributed by atoms with E-state index in [9.17, 15) is 0 Å². The summed E-state index contributed by atoms with van der Waals surface area (Å²) >= 11 is 1.59. The van der Waals surface area contributed by atoms with Crippen LogP contribution in [0.1, 0.15) is 37.7 Å². The van der Waals surface area contributed by atoms with Gasteiger partial charge >= 0.3 is 0 Å². The monoisotopic (exact) mass is 343 g/mol. The smallest absolute Gasteiger partial charge is 0.196 e.